The van der Waals surface area contributed by atoms with Crippen LogP contribution in [0.3, 0.4) is 0 Å². The Morgan fingerprint density at radius 2 is 0.519 bits per heavy atom. The third-order valence-corrected chi connectivity index (χ3v) is 17.4. The van der Waals surface area contributed by atoms with E-state index in [2.05, 4.69) is 186 Å². The summed E-state index contributed by atoms with van der Waals surface area (Å²) in [5.74, 6) is -2.42. The maximum Gasteiger partial charge on any atom is 0.472 e. The molecule has 0 aromatic rings. The monoisotopic (exact) mass is 1520 g/mol. The van der Waals surface area contributed by atoms with E-state index in [1.54, 1.807) is 0 Å². The van der Waals surface area contributed by atoms with Crippen molar-refractivity contribution in [2.75, 3.05) is 39.6 Å². The van der Waals surface area contributed by atoms with Gasteiger partial charge >= 0.3 is 39.5 Å². The summed E-state index contributed by atoms with van der Waals surface area (Å²) < 4.78 is 68.4. The molecule has 17 nitrogen and oxygen atoms in total. The SMILES string of the molecule is CC/C=C\C/C=C\C/C=C\C/C=C\C/C=C\C/C=C\CCC(=O)OCC(COP(=O)(O)OCC(O)COP(=O)(O)OCC(COC(=O)CCC/C=C\C/C=C\C/C=C\C/C=C\C/C=C\CC)OC(=O)CCCCCCC/C=C\CCCCCCCC)OC(=O)CCCC/C=C\C/C=C\C/C=C\C/C=C\CC. The number of hydrogen-bond donors (Lipinski definition) is 3. The van der Waals surface area contributed by atoms with E-state index in [0.29, 0.717) is 44.9 Å². The zero-order chi connectivity index (χ0) is 77.4. The molecule has 0 aromatic heterocycles. The number of allylic oxidation sites excluding steroid dienone is 32. The molecule has 0 aliphatic rings. The van der Waals surface area contributed by atoms with Crippen molar-refractivity contribution in [1.82, 2.24) is 0 Å². The van der Waals surface area contributed by atoms with Crippen LogP contribution in [0.25, 0.3) is 0 Å². The number of ether oxygens (including phenoxy) is 4. The highest BCUT2D eigenvalue weighted by Gasteiger charge is 2.30. The topological polar surface area (TPSA) is 237 Å². The van der Waals surface area contributed by atoms with Gasteiger partial charge < -0.3 is 33.8 Å². The molecule has 0 saturated heterocycles. The summed E-state index contributed by atoms with van der Waals surface area (Å²) >= 11 is 0. The molecule has 0 bridgehead atoms. The van der Waals surface area contributed by atoms with Gasteiger partial charge in [0.05, 0.1) is 26.4 Å². The maximum absolute atomic E-state index is 13.1. The third-order valence-electron chi connectivity index (χ3n) is 15.5. The standard InChI is InChI=1S/C87H138O17P2/c1-5-9-13-17-21-25-29-33-37-39-40-42-46-48-52-56-60-64-68-72-85(90)98-78-83(104-87(92)74-70-66-62-58-54-50-44-36-32-28-24-20-16-12-8-4)80-102-106(95,96)100-76-81(88)75-99-105(93,94)101-79-82(103-86(91)73-69-65-61-57-53-49-43-35-31-27-23-19-15-11-7-3)77-97-84(89)71-67-63-59-55-51-47-45-41-38-34-30-26-22-18-14-10-6-2/h9-10,12-14,16,21-22,24-26,28,33-38,40,42-45,47-48,52,54-55,58-60,64,81-83,88H,5-8,11,15,17-20,23,27,29-32,39,41,46,49-51,53,56-57,61-63,65-80H2,1-4H3,(H,93,94)(H,95,96)/b13-9-,14-10-,16-12-,25-21-,26-22-,28-24-,37-33-,38-34-,42-40-,43-35-,44-36-,47-45-,52-48-,58-54-,59-55-,64-60-. The Morgan fingerprint density at radius 3 is 0.868 bits per heavy atom. The number of rotatable bonds is 72. The molecule has 0 fully saturated rings. The second kappa shape index (κ2) is 77.1. The Morgan fingerprint density at radius 1 is 0.274 bits per heavy atom. The number of aliphatic hydroxyl groups is 1. The van der Waals surface area contributed by atoms with Crippen molar-refractivity contribution < 1.29 is 80.2 Å². The van der Waals surface area contributed by atoms with Crippen molar-refractivity contribution in [3.05, 3.63) is 194 Å². The zero-order valence-electron chi connectivity index (χ0n) is 65.3. The number of phosphoric acid groups is 2. The van der Waals surface area contributed by atoms with Crippen LogP contribution in [-0.4, -0.2) is 96.7 Å². The van der Waals surface area contributed by atoms with Crippen LogP contribution in [0.5, 0.6) is 0 Å². The Labute approximate surface area is 640 Å². The molecular weight excluding hydrogens is 1380 g/mol. The quantitative estimate of drug-likeness (QED) is 0.0169. The van der Waals surface area contributed by atoms with Gasteiger partial charge in [-0.15, -0.1) is 0 Å². The number of hydrogen-bond acceptors (Lipinski definition) is 15. The van der Waals surface area contributed by atoms with Crippen molar-refractivity contribution in [2.24, 2.45) is 0 Å². The second-order valence-electron chi connectivity index (χ2n) is 25.5. The Hall–Kier alpha value is -6.10. The van der Waals surface area contributed by atoms with Gasteiger partial charge in [0.1, 0.15) is 19.3 Å². The fourth-order valence-corrected chi connectivity index (χ4v) is 11.2. The van der Waals surface area contributed by atoms with Crippen LogP contribution in [0.1, 0.15) is 272 Å². The molecule has 19 heteroatoms. The number of carbonyl (C=O) groups is 4. The summed E-state index contributed by atoms with van der Waals surface area (Å²) in [6, 6.07) is 0. The van der Waals surface area contributed by atoms with E-state index in [4.69, 9.17) is 37.0 Å². The van der Waals surface area contributed by atoms with E-state index >= 15 is 0 Å². The maximum atomic E-state index is 13.1. The van der Waals surface area contributed by atoms with Crippen LogP contribution in [0.15, 0.2) is 194 Å². The van der Waals surface area contributed by atoms with Crippen molar-refractivity contribution in [2.45, 2.75) is 290 Å². The lowest BCUT2D eigenvalue weighted by Crippen LogP contribution is -2.30. The first-order valence-electron chi connectivity index (χ1n) is 39.7. The highest BCUT2D eigenvalue weighted by Crippen LogP contribution is 2.45. The number of esters is 4. The van der Waals surface area contributed by atoms with Gasteiger partial charge in [0.2, 0.25) is 0 Å². The van der Waals surface area contributed by atoms with Crippen LogP contribution >= 0.6 is 15.6 Å². The zero-order valence-corrected chi connectivity index (χ0v) is 67.1. The van der Waals surface area contributed by atoms with E-state index in [0.717, 1.165) is 135 Å². The predicted octanol–water partition coefficient (Wildman–Crippen LogP) is 23.3. The average molecular weight is 1520 g/mol. The molecule has 5 unspecified atom stereocenters. The lowest BCUT2D eigenvalue weighted by molar-refractivity contribution is -0.161. The van der Waals surface area contributed by atoms with Crippen LogP contribution in [0.2, 0.25) is 0 Å². The lowest BCUT2D eigenvalue weighted by atomic mass is 10.1. The minimum absolute atomic E-state index is 0.0173. The first kappa shape index (κ1) is 99.9. The number of unbranched alkanes of at least 4 members (excludes halogenated alkanes) is 14. The van der Waals surface area contributed by atoms with Gasteiger partial charge in [0.25, 0.3) is 0 Å². The van der Waals surface area contributed by atoms with Crippen molar-refractivity contribution in [3.8, 4) is 0 Å². The van der Waals surface area contributed by atoms with Crippen molar-refractivity contribution in [1.29, 1.82) is 0 Å². The van der Waals surface area contributed by atoms with Gasteiger partial charge in [-0.05, 0) is 167 Å². The minimum atomic E-state index is -5.02. The van der Waals surface area contributed by atoms with E-state index < -0.39 is 97.5 Å². The van der Waals surface area contributed by atoms with Crippen LogP contribution < -0.4 is 0 Å². The fourth-order valence-electron chi connectivity index (χ4n) is 9.62. The molecule has 0 heterocycles. The Balaban J connectivity index is 5.54. The summed E-state index contributed by atoms with van der Waals surface area (Å²) in [5.41, 5.74) is 0. The largest absolute Gasteiger partial charge is 0.472 e. The van der Waals surface area contributed by atoms with Crippen molar-refractivity contribution >= 4 is 39.5 Å². The predicted molar refractivity (Wildman–Crippen MR) is 436 cm³/mol. The number of carbonyl (C=O) groups excluding carboxylic acids is 4. The minimum Gasteiger partial charge on any atom is -0.462 e. The Kier molecular flexibility index (Phi) is 72.6. The first-order chi connectivity index (χ1) is 51.7. The molecule has 0 aromatic carbocycles. The summed E-state index contributed by atoms with van der Waals surface area (Å²) in [7, 11) is -10.0. The smallest absolute Gasteiger partial charge is 0.462 e. The molecule has 0 amide bonds. The van der Waals surface area contributed by atoms with E-state index in [1.165, 1.54) is 38.5 Å². The molecule has 598 valence electrons. The highest BCUT2D eigenvalue weighted by atomic mass is 31.2. The van der Waals surface area contributed by atoms with E-state index in [-0.39, 0.29) is 25.7 Å². The Bertz CT molecular complexity index is 2780. The molecule has 5 atom stereocenters. The van der Waals surface area contributed by atoms with Gasteiger partial charge in [0, 0.05) is 25.7 Å². The summed E-state index contributed by atoms with van der Waals surface area (Å²) in [6.45, 7) is 4.29. The molecule has 0 aliphatic carbocycles. The van der Waals surface area contributed by atoms with Crippen LogP contribution in [0, 0.1) is 0 Å². The van der Waals surface area contributed by atoms with Gasteiger partial charge in [-0.1, -0.05) is 273 Å². The molecule has 0 saturated carbocycles. The molecule has 106 heavy (non-hydrogen) atoms. The normalized spacial score (nSPS) is 14.9. The molecule has 3 N–H and O–H groups in total. The summed E-state index contributed by atoms with van der Waals surface area (Å²) in [5, 5.41) is 10.6. The van der Waals surface area contributed by atoms with Gasteiger partial charge in [0.15, 0.2) is 12.2 Å². The van der Waals surface area contributed by atoms with Crippen LogP contribution in [-0.2, 0) is 65.4 Å². The van der Waals surface area contributed by atoms with Gasteiger partial charge in [-0.2, -0.15) is 0 Å². The third kappa shape index (κ3) is 76.1. The molecule has 0 rings (SSSR count). The molecule has 0 spiro atoms. The number of phosphoric ester groups is 2. The average Bonchev–Trinajstić information content (AvgIpc) is 0.909. The second-order valence-corrected chi connectivity index (χ2v) is 28.4. The van der Waals surface area contributed by atoms with E-state index in [1.807, 2.05) is 36.5 Å². The molecule has 0 aliphatic heterocycles. The van der Waals surface area contributed by atoms with Gasteiger partial charge in [-0.25, -0.2) is 9.13 Å². The molecular formula is C87H138O17P2. The summed E-state index contributed by atoms with van der Waals surface area (Å²) in [6.07, 6.45) is 94.4. The number of aliphatic hydroxyl groups excluding tert-OH is 1. The van der Waals surface area contributed by atoms with Crippen LogP contribution in [0.4, 0.5) is 0 Å². The van der Waals surface area contributed by atoms with Crippen molar-refractivity contribution in [3.63, 3.8) is 0 Å². The highest BCUT2D eigenvalue weighted by molar-refractivity contribution is 7.47. The lowest BCUT2D eigenvalue weighted by Gasteiger charge is -2.21. The summed E-state index contributed by atoms with van der Waals surface area (Å²) in [4.78, 5) is 73.0. The fraction of sp³-hybridized carbons (Fsp3) is 0.586. The first-order valence-corrected chi connectivity index (χ1v) is 42.7. The molecule has 0 radical (unpaired) electrons. The van der Waals surface area contributed by atoms with E-state index in [9.17, 15) is 43.2 Å². The van der Waals surface area contributed by atoms with Gasteiger partial charge in [-0.3, -0.25) is 37.3 Å².